The van der Waals surface area contributed by atoms with Gasteiger partial charge in [-0.25, -0.2) is 0 Å². The predicted molar refractivity (Wildman–Crippen MR) is 87.2 cm³/mol. The van der Waals surface area contributed by atoms with Crippen molar-refractivity contribution in [2.75, 3.05) is 18.8 Å². The predicted octanol–water partition coefficient (Wildman–Crippen LogP) is 2.26. The Morgan fingerprint density at radius 1 is 1.24 bits per heavy atom. The van der Waals surface area contributed by atoms with E-state index in [1.165, 1.54) is 0 Å². The van der Waals surface area contributed by atoms with Crippen molar-refractivity contribution in [1.29, 1.82) is 0 Å². The molecule has 2 aliphatic heterocycles. The average molecular weight is 329 g/mol. The van der Waals surface area contributed by atoms with Crippen LogP contribution in [0, 0.1) is 0 Å². The number of amides is 1. The van der Waals surface area contributed by atoms with E-state index >= 15 is 0 Å². The summed E-state index contributed by atoms with van der Waals surface area (Å²) in [5.41, 5.74) is 0. The molecule has 2 saturated heterocycles. The molecule has 1 amide bonds. The molecular formula is C15H21ClN2O2S. The Balaban J connectivity index is 0.00000161. The van der Waals surface area contributed by atoms with Gasteiger partial charge < -0.3 is 15.3 Å². The lowest BCUT2D eigenvalue weighted by molar-refractivity contribution is -0.130. The molecule has 2 fully saturated rings. The van der Waals surface area contributed by atoms with Crippen molar-refractivity contribution in [3.8, 4) is 5.75 Å². The van der Waals surface area contributed by atoms with Crippen LogP contribution in [-0.4, -0.2) is 46.8 Å². The molecule has 116 valence electrons. The molecule has 0 saturated carbocycles. The van der Waals surface area contributed by atoms with Crippen molar-refractivity contribution in [3.63, 3.8) is 0 Å². The minimum absolute atomic E-state index is 0. The van der Waals surface area contributed by atoms with Gasteiger partial charge >= 0.3 is 0 Å². The molecule has 1 aromatic carbocycles. The van der Waals surface area contributed by atoms with Crippen LogP contribution in [0.1, 0.15) is 19.3 Å². The van der Waals surface area contributed by atoms with Gasteiger partial charge in [0.15, 0.2) is 0 Å². The molecule has 3 rings (SSSR count). The number of fused-ring (bicyclic) bond motifs is 2. The van der Waals surface area contributed by atoms with Gasteiger partial charge in [0.2, 0.25) is 5.91 Å². The molecule has 2 N–H and O–H groups in total. The number of hydrogen-bond donors (Lipinski definition) is 2. The number of hydrogen-bond acceptors (Lipinski definition) is 4. The van der Waals surface area contributed by atoms with Crippen LogP contribution in [0.3, 0.4) is 0 Å². The number of rotatable bonds is 3. The number of benzene rings is 1. The first-order valence-corrected chi connectivity index (χ1v) is 8.16. The van der Waals surface area contributed by atoms with Gasteiger partial charge in [0, 0.05) is 23.5 Å². The number of thioether (sulfide) groups is 1. The quantitative estimate of drug-likeness (QED) is 0.836. The van der Waals surface area contributed by atoms with Gasteiger partial charge in [0.05, 0.1) is 5.75 Å². The topological polar surface area (TPSA) is 52.6 Å². The van der Waals surface area contributed by atoms with Crippen LogP contribution >= 0.6 is 24.2 Å². The summed E-state index contributed by atoms with van der Waals surface area (Å²) in [4.78, 5) is 15.6. The number of phenolic OH excluding ortho intramolecular Hbond substituents is 1. The van der Waals surface area contributed by atoms with Crippen molar-refractivity contribution in [1.82, 2.24) is 10.2 Å². The highest BCUT2D eigenvalue weighted by Crippen LogP contribution is 2.29. The van der Waals surface area contributed by atoms with Crippen molar-refractivity contribution < 1.29 is 9.90 Å². The third kappa shape index (κ3) is 3.84. The van der Waals surface area contributed by atoms with Crippen LogP contribution in [0.2, 0.25) is 0 Å². The number of nitrogens with one attached hydrogen (secondary N) is 1. The fraction of sp³-hybridized carbons (Fsp3) is 0.533. The second-order valence-corrected chi connectivity index (χ2v) is 6.51. The summed E-state index contributed by atoms with van der Waals surface area (Å²) in [5.74, 6) is 0.995. The third-order valence-corrected chi connectivity index (χ3v) is 5.14. The first kappa shape index (κ1) is 16.5. The molecule has 0 aromatic heterocycles. The SMILES string of the molecule is Cl.O=C(CSc1ccc(O)cc1)N1C2CCNCC1CC2. The lowest BCUT2D eigenvalue weighted by Gasteiger charge is -2.27. The second kappa shape index (κ2) is 7.38. The normalized spacial score (nSPS) is 24.3. The number of carbonyl (C=O) groups is 1. The summed E-state index contributed by atoms with van der Waals surface area (Å²) in [5, 5.41) is 12.7. The van der Waals surface area contributed by atoms with Gasteiger partial charge in [-0.05, 0) is 50.1 Å². The zero-order valence-corrected chi connectivity index (χ0v) is 13.5. The Morgan fingerprint density at radius 3 is 2.71 bits per heavy atom. The smallest absolute Gasteiger partial charge is 0.233 e. The van der Waals surface area contributed by atoms with E-state index in [1.54, 1.807) is 23.9 Å². The fourth-order valence-electron chi connectivity index (χ4n) is 3.15. The highest BCUT2D eigenvalue weighted by atomic mass is 35.5. The lowest BCUT2D eigenvalue weighted by Crippen LogP contribution is -2.43. The average Bonchev–Trinajstić information content (AvgIpc) is 2.71. The maximum absolute atomic E-state index is 12.5. The molecule has 6 heteroatoms. The van der Waals surface area contributed by atoms with Gasteiger partial charge in [-0.2, -0.15) is 0 Å². The second-order valence-electron chi connectivity index (χ2n) is 5.46. The van der Waals surface area contributed by atoms with E-state index in [9.17, 15) is 9.90 Å². The van der Waals surface area contributed by atoms with Crippen LogP contribution in [-0.2, 0) is 4.79 Å². The maximum atomic E-state index is 12.5. The summed E-state index contributed by atoms with van der Waals surface area (Å²) in [6, 6.07) is 7.84. The molecule has 2 atom stereocenters. The van der Waals surface area contributed by atoms with E-state index < -0.39 is 0 Å². The van der Waals surface area contributed by atoms with Crippen LogP contribution in [0.4, 0.5) is 0 Å². The fourth-order valence-corrected chi connectivity index (χ4v) is 3.92. The van der Waals surface area contributed by atoms with Crippen LogP contribution in [0.5, 0.6) is 5.75 Å². The third-order valence-electron chi connectivity index (χ3n) is 4.14. The molecule has 2 heterocycles. The molecule has 2 bridgehead atoms. The Morgan fingerprint density at radius 2 is 1.95 bits per heavy atom. The molecule has 2 unspecified atom stereocenters. The number of aromatic hydroxyl groups is 1. The summed E-state index contributed by atoms with van der Waals surface area (Å²) < 4.78 is 0. The van der Waals surface area contributed by atoms with Crippen molar-refractivity contribution in [2.24, 2.45) is 0 Å². The number of phenols is 1. The lowest BCUT2D eigenvalue weighted by atomic mass is 10.1. The van der Waals surface area contributed by atoms with Crippen molar-refractivity contribution in [3.05, 3.63) is 24.3 Å². The highest BCUT2D eigenvalue weighted by molar-refractivity contribution is 8.00. The van der Waals surface area contributed by atoms with Crippen molar-refractivity contribution >= 4 is 30.1 Å². The monoisotopic (exact) mass is 328 g/mol. The highest BCUT2D eigenvalue weighted by Gasteiger charge is 2.37. The van der Waals surface area contributed by atoms with Gasteiger partial charge in [-0.15, -0.1) is 24.2 Å². The minimum atomic E-state index is 0. The van der Waals surface area contributed by atoms with E-state index in [0.29, 0.717) is 17.8 Å². The summed E-state index contributed by atoms with van der Waals surface area (Å²) in [6.45, 7) is 1.96. The van der Waals surface area contributed by atoms with Crippen LogP contribution in [0.15, 0.2) is 29.2 Å². The number of halogens is 1. The summed E-state index contributed by atoms with van der Waals surface area (Å²) in [6.07, 6.45) is 3.36. The first-order valence-electron chi connectivity index (χ1n) is 7.18. The summed E-state index contributed by atoms with van der Waals surface area (Å²) >= 11 is 1.55. The Hall–Kier alpha value is -0.910. The molecule has 0 spiro atoms. The minimum Gasteiger partial charge on any atom is -0.508 e. The van der Waals surface area contributed by atoms with E-state index in [1.807, 2.05) is 12.1 Å². The van der Waals surface area contributed by atoms with E-state index in [4.69, 9.17) is 0 Å². The standard InChI is InChI=1S/C15H20N2O2S.ClH/c18-13-3-5-14(6-4-13)20-10-15(19)17-11-1-2-12(17)9-16-8-7-11;/h3-6,11-12,16,18H,1-2,7-10H2;1H. The Bertz CT molecular complexity index is 469. The van der Waals surface area contributed by atoms with E-state index in [2.05, 4.69) is 10.2 Å². The van der Waals surface area contributed by atoms with Crippen LogP contribution in [0.25, 0.3) is 0 Å². The first-order chi connectivity index (χ1) is 9.74. The molecule has 0 aliphatic carbocycles. The molecule has 21 heavy (non-hydrogen) atoms. The van der Waals surface area contributed by atoms with Gasteiger partial charge in [0.25, 0.3) is 0 Å². The van der Waals surface area contributed by atoms with Gasteiger partial charge in [-0.3, -0.25) is 4.79 Å². The molecular weight excluding hydrogens is 308 g/mol. The molecule has 0 radical (unpaired) electrons. The van der Waals surface area contributed by atoms with Gasteiger partial charge in [0.1, 0.15) is 5.75 Å². The Kier molecular flexibility index (Phi) is 5.79. The van der Waals surface area contributed by atoms with Gasteiger partial charge in [-0.1, -0.05) is 0 Å². The largest absolute Gasteiger partial charge is 0.508 e. The zero-order chi connectivity index (χ0) is 13.9. The zero-order valence-electron chi connectivity index (χ0n) is 11.8. The molecule has 1 aromatic rings. The molecule has 4 nitrogen and oxygen atoms in total. The van der Waals surface area contributed by atoms with Crippen molar-refractivity contribution in [2.45, 2.75) is 36.2 Å². The molecule has 2 aliphatic rings. The van der Waals surface area contributed by atoms with E-state index in [-0.39, 0.29) is 24.1 Å². The number of nitrogens with zero attached hydrogens (tertiary/aromatic N) is 1. The van der Waals surface area contributed by atoms with Crippen LogP contribution < -0.4 is 5.32 Å². The maximum Gasteiger partial charge on any atom is 0.233 e. The Labute approximate surface area is 135 Å². The van der Waals surface area contributed by atoms with E-state index in [0.717, 1.165) is 37.2 Å². The summed E-state index contributed by atoms with van der Waals surface area (Å²) in [7, 11) is 0. The number of carbonyl (C=O) groups excluding carboxylic acids is 1.